The molecule has 0 aliphatic rings. The van der Waals surface area contributed by atoms with Crippen LogP contribution in [0.5, 0.6) is 5.75 Å². The first kappa shape index (κ1) is 19.9. The summed E-state index contributed by atoms with van der Waals surface area (Å²) in [4.78, 5) is 26.6. The molecule has 0 aliphatic heterocycles. The maximum atomic E-state index is 13.4. The summed E-state index contributed by atoms with van der Waals surface area (Å²) in [6.07, 6.45) is 5.10. The first-order chi connectivity index (χ1) is 15.7. The van der Waals surface area contributed by atoms with Gasteiger partial charge in [0.05, 0.1) is 35.1 Å². The zero-order chi connectivity index (χ0) is 21.9. The van der Waals surface area contributed by atoms with E-state index in [1.54, 1.807) is 25.7 Å². The zero-order valence-electron chi connectivity index (χ0n) is 17.2. The van der Waals surface area contributed by atoms with E-state index in [1.165, 1.54) is 16.0 Å². The Hall–Kier alpha value is -4.04. The third kappa shape index (κ3) is 3.83. The standard InChI is InChI=1S/C24H19N5O2S/c1-31-18-10-8-17(9-11-18)22-19(15-26-14-16-5-4-12-25-13-16)23(30)29(28-22)24-27-20-6-2-3-7-21(20)32-24/h2-13,15,28H,14H2,1H3. The van der Waals surface area contributed by atoms with Gasteiger partial charge in [-0.1, -0.05) is 29.5 Å². The van der Waals surface area contributed by atoms with Crippen LogP contribution in [0.25, 0.3) is 26.6 Å². The number of hydrogen-bond acceptors (Lipinski definition) is 6. The van der Waals surface area contributed by atoms with Gasteiger partial charge in [0.25, 0.3) is 5.56 Å². The monoisotopic (exact) mass is 441 g/mol. The topological polar surface area (TPSA) is 85.2 Å². The minimum absolute atomic E-state index is 0.204. The molecule has 0 saturated heterocycles. The minimum atomic E-state index is -0.204. The quantitative estimate of drug-likeness (QED) is 0.394. The molecule has 0 amide bonds. The van der Waals surface area contributed by atoms with Crippen LogP contribution < -0.4 is 10.3 Å². The number of aromatic nitrogens is 4. The number of para-hydroxylation sites is 1. The van der Waals surface area contributed by atoms with Gasteiger partial charge in [0.2, 0.25) is 5.13 Å². The van der Waals surface area contributed by atoms with E-state index >= 15 is 0 Å². The molecule has 0 unspecified atom stereocenters. The number of rotatable bonds is 6. The number of nitrogens with one attached hydrogen (secondary N) is 1. The lowest BCUT2D eigenvalue weighted by molar-refractivity contribution is 0.415. The highest BCUT2D eigenvalue weighted by molar-refractivity contribution is 7.20. The maximum Gasteiger partial charge on any atom is 0.282 e. The summed E-state index contributed by atoms with van der Waals surface area (Å²) >= 11 is 1.46. The fourth-order valence-corrected chi connectivity index (χ4v) is 4.30. The molecule has 0 spiro atoms. The largest absolute Gasteiger partial charge is 0.497 e. The SMILES string of the molecule is COc1ccc(-c2[nH]n(-c3nc4ccccc4s3)c(=O)c2C=NCc2cccnc2)cc1. The van der Waals surface area contributed by atoms with Crippen LogP contribution in [0.1, 0.15) is 11.1 Å². The van der Waals surface area contributed by atoms with Gasteiger partial charge in [-0.3, -0.25) is 19.9 Å². The second kappa shape index (κ2) is 8.60. The lowest BCUT2D eigenvalue weighted by Crippen LogP contribution is -2.17. The van der Waals surface area contributed by atoms with Crippen LogP contribution in [0.3, 0.4) is 0 Å². The molecule has 1 N–H and O–H groups in total. The molecular weight excluding hydrogens is 422 g/mol. The van der Waals surface area contributed by atoms with Crippen molar-refractivity contribution in [2.45, 2.75) is 6.54 Å². The molecule has 0 saturated carbocycles. The molecule has 5 aromatic rings. The van der Waals surface area contributed by atoms with Crippen LogP contribution in [0.4, 0.5) is 0 Å². The van der Waals surface area contributed by atoms with Crippen molar-refractivity contribution in [3.05, 3.63) is 94.5 Å². The predicted molar refractivity (Wildman–Crippen MR) is 127 cm³/mol. The van der Waals surface area contributed by atoms with Crippen molar-refractivity contribution in [2.24, 2.45) is 4.99 Å². The van der Waals surface area contributed by atoms with Crippen LogP contribution in [-0.4, -0.2) is 33.1 Å². The second-order valence-electron chi connectivity index (χ2n) is 7.06. The fourth-order valence-electron chi connectivity index (χ4n) is 3.37. The molecule has 5 rings (SSSR count). The van der Waals surface area contributed by atoms with Crippen molar-refractivity contribution < 1.29 is 4.74 Å². The summed E-state index contributed by atoms with van der Waals surface area (Å²) in [5, 5.41) is 3.82. The van der Waals surface area contributed by atoms with Crippen LogP contribution in [0, 0.1) is 0 Å². The highest BCUT2D eigenvalue weighted by Gasteiger charge is 2.18. The van der Waals surface area contributed by atoms with Crippen LogP contribution in [0.2, 0.25) is 0 Å². The van der Waals surface area contributed by atoms with Gasteiger partial charge in [0.15, 0.2) is 0 Å². The highest BCUT2D eigenvalue weighted by Crippen LogP contribution is 2.26. The number of hydrogen-bond donors (Lipinski definition) is 1. The number of ether oxygens (including phenoxy) is 1. The van der Waals surface area contributed by atoms with Crippen LogP contribution >= 0.6 is 11.3 Å². The Morgan fingerprint density at radius 3 is 2.72 bits per heavy atom. The fraction of sp³-hybridized carbons (Fsp3) is 0.0833. The maximum absolute atomic E-state index is 13.4. The Labute approximate surface area is 187 Å². The smallest absolute Gasteiger partial charge is 0.282 e. The Balaban J connectivity index is 1.59. The molecule has 158 valence electrons. The Morgan fingerprint density at radius 1 is 1.12 bits per heavy atom. The van der Waals surface area contributed by atoms with Gasteiger partial charge in [-0.2, -0.15) is 4.68 Å². The number of nitrogens with zero attached hydrogens (tertiary/aromatic N) is 4. The summed E-state index contributed by atoms with van der Waals surface area (Å²) in [7, 11) is 1.62. The van der Waals surface area contributed by atoms with Crippen molar-refractivity contribution >= 4 is 27.8 Å². The highest BCUT2D eigenvalue weighted by atomic mass is 32.1. The van der Waals surface area contributed by atoms with Crippen molar-refractivity contribution in [1.82, 2.24) is 19.7 Å². The number of thiazole rings is 1. The molecule has 8 heteroatoms. The predicted octanol–water partition coefficient (Wildman–Crippen LogP) is 4.47. The number of aromatic amines is 1. The average Bonchev–Trinajstić information content (AvgIpc) is 3.41. The molecule has 0 aliphatic carbocycles. The molecular formula is C24H19N5O2S. The molecule has 2 aromatic carbocycles. The summed E-state index contributed by atoms with van der Waals surface area (Å²) in [6, 6.07) is 19.2. The van der Waals surface area contributed by atoms with Gasteiger partial charge < -0.3 is 4.74 Å². The van der Waals surface area contributed by atoms with Crippen LogP contribution in [0.15, 0.2) is 82.8 Å². The summed E-state index contributed by atoms with van der Waals surface area (Å²) in [6.45, 7) is 0.432. The lowest BCUT2D eigenvalue weighted by atomic mass is 10.1. The summed E-state index contributed by atoms with van der Waals surface area (Å²) < 4.78 is 7.76. The molecule has 0 atom stereocenters. The third-order valence-electron chi connectivity index (χ3n) is 5.00. The summed E-state index contributed by atoms with van der Waals surface area (Å²) in [5.41, 5.74) is 3.61. The van der Waals surface area contributed by atoms with E-state index in [0.29, 0.717) is 22.9 Å². The molecule has 0 fully saturated rings. The van der Waals surface area contributed by atoms with Crippen molar-refractivity contribution in [2.75, 3.05) is 7.11 Å². The zero-order valence-corrected chi connectivity index (χ0v) is 18.0. The van der Waals surface area contributed by atoms with E-state index in [9.17, 15) is 4.79 Å². The Bertz CT molecular complexity index is 1420. The van der Waals surface area contributed by atoms with Gasteiger partial charge in [-0.25, -0.2) is 4.98 Å². The number of methoxy groups -OCH3 is 1. The number of benzene rings is 2. The minimum Gasteiger partial charge on any atom is -0.497 e. The first-order valence-corrected chi connectivity index (χ1v) is 10.8. The average molecular weight is 442 g/mol. The van der Waals surface area contributed by atoms with Gasteiger partial charge in [-0.05, 0) is 48.0 Å². The van der Waals surface area contributed by atoms with E-state index in [2.05, 4.69) is 20.1 Å². The van der Waals surface area contributed by atoms with Crippen molar-refractivity contribution in [1.29, 1.82) is 0 Å². The van der Waals surface area contributed by atoms with E-state index in [-0.39, 0.29) is 5.56 Å². The van der Waals surface area contributed by atoms with Gasteiger partial charge >= 0.3 is 0 Å². The van der Waals surface area contributed by atoms with E-state index < -0.39 is 0 Å². The van der Waals surface area contributed by atoms with Gasteiger partial charge in [0.1, 0.15) is 5.75 Å². The van der Waals surface area contributed by atoms with Crippen molar-refractivity contribution in [3.8, 4) is 22.1 Å². The molecule has 7 nitrogen and oxygen atoms in total. The van der Waals surface area contributed by atoms with E-state index in [0.717, 1.165) is 27.1 Å². The lowest BCUT2D eigenvalue weighted by Gasteiger charge is -2.03. The van der Waals surface area contributed by atoms with Crippen molar-refractivity contribution in [3.63, 3.8) is 0 Å². The van der Waals surface area contributed by atoms with E-state index in [4.69, 9.17) is 4.74 Å². The summed E-state index contributed by atoms with van der Waals surface area (Å²) in [5.74, 6) is 0.744. The Morgan fingerprint density at radius 2 is 1.97 bits per heavy atom. The molecule has 32 heavy (non-hydrogen) atoms. The van der Waals surface area contributed by atoms with E-state index in [1.807, 2.05) is 60.7 Å². The first-order valence-electron chi connectivity index (χ1n) is 9.97. The van der Waals surface area contributed by atoms with Gasteiger partial charge in [-0.15, -0.1) is 0 Å². The molecule has 0 radical (unpaired) electrons. The number of H-pyrrole nitrogens is 1. The second-order valence-corrected chi connectivity index (χ2v) is 8.07. The third-order valence-corrected chi connectivity index (χ3v) is 6.02. The molecule has 0 bridgehead atoms. The van der Waals surface area contributed by atoms with Crippen LogP contribution in [-0.2, 0) is 6.54 Å². The molecule has 3 heterocycles. The number of aliphatic imine (C=N–C) groups is 1. The Kier molecular flexibility index (Phi) is 5.35. The van der Waals surface area contributed by atoms with Gasteiger partial charge in [0, 0.05) is 24.2 Å². The number of pyridine rings is 1. The number of fused-ring (bicyclic) bond motifs is 1. The molecule has 3 aromatic heterocycles. The normalized spacial score (nSPS) is 11.4.